The number of nitrogens with zero attached hydrogens (tertiary/aromatic N) is 3. The Bertz CT molecular complexity index is 918. The molecule has 25 heavy (non-hydrogen) atoms. The van der Waals surface area contributed by atoms with Gasteiger partial charge in [-0.25, -0.2) is 4.79 Å². The molecule has 2 amide bonds. The zero-order valence-corrected chi connectivity index (χ0v) is 13.8. The third-order valence-electron chi connectivity index (χ3n) is 3.64. The van der Waals surface area contributed by atoms with E-state index in [9.17, 15) is 4.79 Å². The van der Waals surface area contributed by atoms with Crippen molar-refractivity contribution in [3.05, 3.63) is 65.4 Å². The monoisotopic (exact) mass is 336 g/mol. The third-order valence-corrected chi connectivity index (χ3v) is 3.64. The highest BCUT2D eigenvalue weighted by Gasteiger charge is 2.22. The molecule has 0 unspecified atom stereocenters. The molecule has 0 spiro atoms. The highest BCUT2D eigenvalue weighted by atomic mass is 16.5. The number of urea groups is 1. The van der Waals surface area contributed by atoms with Crippen molar-refractivity contribution in [2.45, 2.75) is 20.4 Å². The predicted molar refractivity (Wildman–Crippen MR) is 91.0 cm³/mol. The van der Waals surface area contributed by atoms with Crippen molar-refractivity contribution in [3.8, 4) is 6.07 Å². The molecule has 0 radical (unpaired) electrons. The van der Waals surface area contributed by atoms with Crippen molar-refractivity contribution < 1.29 is 13.7 Å². The van der Waals surface area contributed by atoms with Crippen molar-refractivity contribution in [2.24, 2.45) is 0 Å². The molecule has 0 saturated heterocycles. The van der Waals surface area contributed by atoms with Crippen LogP contribution < -0.4 is 10.2 Å². The van der Waals surface area contributed by atoms with Crippen molar-refractivity contribution in [1.82, 2.24) is 5.16 Å². The van der Waals surface area contributed by atoms with Gasteiger partial charge < -0.3 is 14.3 Å². The minimum Gasteiger partial charge on any atom is -0.464 e. The Morgan fingerprint density at radius 1 is 1.24 bits per heavy atom. The molecule has 0 aliphatic heterocycles. The van der Waals surface area contributed by atoms with Crippen LogP contribution in [0.3, 0.4) is 0 Å². The Morgan fingerprint density at radius 3 is 2.56 bits per heavy atom. The first-order valence-corrected chi connectivity index (χ1v) is 7.62. The summed E-state index contributed by atoms with van der Waals surface area (Å²) in [6.45, 7) is 3.81. The van der Waals surface area contributed by atoms with E-state index in [1.54, 1.807) is 31.2 Å². The number of aromatic nitrogens is 1. The van der Waals surface area contributed by atoms with Crippen LogP contribution in [0.2, 0.25) is 0 Å². The number of carbonyl (C=O) groups is 1. The molecule has 0 fully saturated rings. The number of hydrogen-bond donors (Lipinski definition) is 1. The van der Waals surface area contributed by atoms with Crippen molar-refractivity contribution in [3.63, 3.8) is 0 Å². The van der Waals surface area contributed by atoms with Gasteiger partial charge in [-0.15, -0.1) is 0 Å². The first kappa shape index (κ1) is 16.3. The number of carbonyl (C=O) groups excluding carboxylic acids is 1. The Labute approximate surface area is 144 Å². The first-order chi connectivity index (χ1) is 12.1. The van der Waals surface area contributed by atoms with E-state index in [1.165, 1.54) is 11.1 Å². The second-order valence-corrected chi connectivity index (χ2v) is 5.49. The maximum absolute atomic E-state index is 12.8. The molecule has 0 atom stereocenters. The number of nitriles is 1. The van der Waals surface area contributed by atoms with Crippen molar-refractivity contribution in [2.75, 3.05) is 10.2 Å². The minimum absolute atomic E-state index is 0.234. The zero-order valence-electron chi connectivity index (χ0n) is 13.8. The summed E-state index contributed by atoms with van der Waals surface area (Å²) in [5, 5.41) is 15.4. The normalized spacial score (nSPS) is 10.3. The number of nitrogens with one attached hydrogen (secondary N) is 1. The molecule has 1 aromatic carbocycles. The van der Waals surface area contributed by atoms with E-state index in [-0.39, 0.29) is 12.6 Å². The largest absolute Gasteiger partial charge is 0.464 e. The molecule has 126 valence electrons. The number of benzene rings is 1. The van der Waals surface area contributed by atoms with Gasteiger partial charge in [-0.2, -0.15) is 5.26 Å². The lowest BCUT2D eigenvalue weighted by molar-refractivity contribution is 0.256. The summed E-state index contributed by atoms with van der Waals surface area (Å²) in [6.07, 6.45) is 1.49. The number of furan rings is 1. The molecule has 0 aliphatic carbocycles. The van der Waals surface area contributed by atoms with Crippen LogP contribution in [0.1, 0.15) is 22.8 Å². The molecule has 0 saturated carbocycles. The van der Waals surface area contributed by atoms with Gasteiger partial charge in [0.05, 0.1) is 24.4 Å². The van der Waals surface area contributed by atoms with E-state index in [0.717, 1.165) is 5.76 Å². The number of anilines is 2. The van der Waals surface area contributed by atoms with Gasteiger partial charge in [0.2, 0.25) is 0 Å². The summed E-state index contributed by atoms with van der Waals surface area (Å²) < 4.78 is 10.7. The van der Waals surface area contributed by atoms with E-state index in [2.05, 4.69) is 10.5 Å². The van der Waals surface area contributed by atoms with Gasteiger partial charge in [0.1, 0.15) is 17.2 Å². The molecule has 2 aromatic heterocycles. The van der Waals surface area contributed by atoms with Gasteiger partial charge >= 0.3 is 6.03 Å². The maximum atomic E-state index is 12.8. The first-order valence-electron chi connectivity index (χ1n) is 7.62. The van der Waals surface area contributed by atoms with Crippen LogP contribution in [0.5, 0.6) is 0 Å². The van der Waals surface area contributed by atoms with Crippen molar-refractivity contribution >= 4 is 17.4 Å². The molecule has 3 aromatic rings. The summed E-state index contributed by atoms with van der Waals surface area (Å²) >= 11 is 0. The number of amides is 2. The highest BCUT2D eigenvalue weighted by Crippen LogP contribution is 2.23. The van der Waals surface area contributed by atoms with E-state index < -0.39 is 0 Å². The summed E-state index contributed by atoms with van der Waals surface area (Å²) in [4.78, 5) is 14.3. The van der Waals surface area contributed by atoms with Gasteiger partial charge in [-0.1, -0.05) is 5.16 Å². The van der Waals surface area contributed by atoms with E-state index in [1.807, 2.05) is 25.1 Å². The van der Waals surface area contributed by atoms with Crippen LogP contribution >= 0.6 is 0 Å². The van der Waals surface area contributed by atoms with Crippen LogP contribution in [0.15, 0.2) is 51.5 Å². The summed E-state index contributed by atoms with van der Waals surface area (Å²) in [5.41, 5.74) is 1.66. The minimum atomic E-state index is -0.356. The Kier molecular flexibility index (Phi) is 4.53. The zero-order chi connectivity index (χ0) is 17.8. The third kappa shape index (κ3) is 3.70. The standard InChI is InChI=1S/C18H16N4O3/c1-12-3-8-16(24-12)11-22(17-10-20-25-13(17)2)18(23)21-15-6-4-14(9-19)5-7-15/h3-8,10H,11H2,1-2H3,(H,21,23). The molecule has 7 nitrogen and oxygen atoms in total. The molecular weight excluding hydrogens is 320 g/mol. The predicted octanol–water partition coefficient (Wildman–Crippen LogP) is 3.99. The van der Waals surface area contributed by atoms with Crippen LogP contribution in [-0.2, 0) is 6.54 Å². The Balaban J connectivity index is 1.83. The van der Waals surface area contributed by atoms with Crippen LogP contribution in [-0.4, -0.2) is 11.2 Å². The number of aryl methyl sites for hydroxylation is 2. The molecule has 0 aliphatic rings. The lowest BCUT2D eigenvalue weighted by Gasteiger charge is -2.21. The fourth-order valence-corrected chi connectivity index (χ4v) is 2.36. The second kappa shape index (κ2) is 6.93. The molecular formula is C18H16N4O3. The van der Waals surface area contributed by atoms with Gasteiger partial charge in [0.25, 0.3) is 0 Å². The topological polar surface area (TPSA) is 95.3 Å². The lowest BCUT2D eigenvalue weighted by atomic mass is 10.2. The fourth-order valence-electron chi connectivity index (χ4n) is 2.36. The van der Waals surface area contributed by atoms with Gasteiger partial charge in [0, 0.05) is 5.69 Å². The Morgan fingerprint density at radius 2 is 2.00 bits per heavy atom. The van der Waals surface area contributed by atoms with E-state index in [0.29, 0.717) is 28.5 Å². The summed E-state index contributed by atoms with van der Waals surface area (Å²) in [6, 6.07) is 12.0. The molecule has 3 rings (SSSR count). The maximum Gasteiger partial charge on any atom is 0.326 e. The van der Waals surface area contributed by atoms with Gasteiger partial charge in [-0.05, 0) is 50.2 Å². The van der Waals surface area contributed by atoms with Crippen LogP contribution in [0.4, 0.5) is 16.2 Å². The van der Waals surface area contributed by atoms with Gasteiger partial charge in [0.15, 0.2) is 5.76 Å². The fraction of sp³-hybridized carbons (Fsp3) is 0.167. The van der Waals surface area contributed by atoms with E-state index >= 15 is 0 Å². The summed E-state index contributed by atoms with van der Waals surface area (Å²) in [7, 11) is 0. The SMILES string of the molecule is Cc1ccc(CN(C(=O)Nc2ccc(C#N)cc2)c2cnoc2C)o1. The van der Waals surface area contributed by atoms with E-state index in [4.69, 9.17) is 14.2 Å². The number of hydrogen-bond acceptors (Lipinski definition) is 5. The van der Waals surface area contributed by atoms with Crippen molar-refractivity contribution in [1.29, 1.82) is 5.26 Å². The van der Waals surface area contributed by atoms with Crippen LogP contribution in [0, 0.1) is 25.2 Å². The quantitative estimate of drug-likeness (QED) is 0.777. The molecule has 0 bridgehead atoms. The molecule has 7 heteroatoms. The molecule has 2 heterocycles. The highest BCUT2D eigenvalue weighted by molar-refractivity contribution is 6.01. The second-order valence-electron chi connectivity index (χ2n) is 5.49. The average molecular weight is 336 g/mol. The smallest absolute Gasteiger partial charge is 0.326 e. The lowest BCUT2D eigenvalue weighted by Crippen LogP contribution is -2.34. The Hall–Kier alpha value is -3.53. The number of rotatable bonds is 4. The molecule has 1 N–H and O–H groups in total. The van der Waals surface area contributed by atoms with Gasteiger partial charge in [-0.3, -0.25) is 4.90 Å². The average Bonchev–Trinajstić information content (AvgIpc) is 3.21. The van der Waals surface area contributed by atoms with Crippen LogP contribution in [0.25, 0.3) is 0 Å². The summed E-state index contributed by atoms with van der Waals surface area (Å²) in [5.74, 6) is 1.94.